The maximum absolute atomic E-state index is 12.5. The zero-order valence-electron chi connectivity index (χ0n) is 15.2. The Balaban J connectivity index is 1.44. The fourth-order valence-electron chi connectivity index (χ4n) is 3.24. The normalized spacial score (nSPS) is 15.2. The summed E-state index contributed by atoms with van der Waals surface area (Å²) in [5, 5.41) is 12.7. The number of hydrogen-bond donors (Lipinski definition) is 3. The molecular weight excluding hydrogens is 358 g/mol. The van der Waals surface area contributed by atoms with Gasteiger partial charge in [-0.1, -0.05) is 30.3 Å². The number of nitrogens with zero attached hydrogens (tertiary/aromatic N) is 2. The number of amides is 2. The quantitative estimate of drug-likeness (QED) is 0.611. The van der Waals surface area contributed by atoms with Crippen molar-refractivity contribution in [2.24, 2.45) is 0 Å². The number of benzene rings is 2. The van der Waals surface area contributed by atoms with Gasteiger partial charge in [0.05, 0.1) is 12.5 Å². The monoisotopic (exact) mass is 377 g/mol. The first-order chi connectivity index (χ1) is 13.6. The van der Waals surface area contributed by atoms with Crippen molar-refractivity contribution in [1.82, 2.24) is 20.5 Å². The van der Waals surface area contributed by atoms with Gasteiger partial charge in [-0.3, -0.25) is 14.7 Å². The van der Waals surface area contributed by atoms with E-state index < -0.39 is 0 Å². The SMILES string of the molecule is COCc1nc(-c2cccc(NC(=O)C[C@H]3NC(=O)c4ccccc43)c2)n[nH]1. The predicted octanol–water partition coefficient (Wildman–Crippen LogP) is 2.43. The lowest BCUT2D eigenvalue weighted by Crippen LogP contribution is -2.24. The van der Waals surface area contributed by atoms with Crippen LogP contribution in [0.2, 0.25) is 0 Å². The summed E-state index contributed by atoms with van der Waals surface area (Å²) in [6, 6.07) is 14.3. The Labute approximate surface area is 161 Å². The first kappa shape index (κ1) is 17.9. The highest BCUT2D eigenvalue weighted by Gasteiger charge is 2.29. The molecule has 2 amide bonds. The molecule has 0 saturated heterocycles. The van der Waals surface area contributed by atoms with Crippen LogP contribution in [-0.2, 0) is 16.1 Å². The summed E-state index contributed by atoms with van der Waals surface area (Å²) in [6.45, 7) is 0.345. The number of carbonyl (C=O) groups is 2. The molecule has 28 heavy (non-hydrogen) atoms. The molecular formula is C20H19N5O3. The maximum Gasteiger partial charge on any atom is 0.252 e. The average molecular weight is 377 g/mol. The minimum atomic E-state index is -0.323. The summed E-state index contributed by atoms with van der Waals surface area (Å²) in [7, 11) is 1.59. The minimum absolute atomic E-state index is 0.146. The van der Waals surface area contributed by atoms with E-state index in [-0.39, 0.29) is 24.3 Å². The molecule has 8 heteroatoms. The predicted molar refractivity (Wildman–Crippen MR) is 102 cm³/mol. The van der Waals surface area contributed by atoms with Crippen molar-refractivity contribution in [2.75, 3.05) is 12.4 Å². The molecule has 4 rings (SSSR count). The molecule has 2 heterocycles. The lowest BCUT2D eigenvalue weighted by Gasteiger charge is -2.12. The van der Waals surface area contributed by atoms with Crippen LogP contribution in [0.25, 0.3) is 11.4 Å². The number of aromatic nitrogens is 3. The van der Waals surface area contributed by atoms with Crippen molar-refractivity contribution in [3.05, 3.63) is 65.5 Å². The van der Waals surface area contributed by atoms with E-state index in [1.165, 1.54) is 0 Å². The van der Waals surface area contributed by atoms with E-state index in [1.54, 1.807) is 25.3 Å². The molecule has 8 nitrogen and oxygen atoms in total. The number of H-pyrrole nitrogens is 1. The molecule has 0 bridgehead atoms. The van der Waals surface area contributed by atoms with Gasteiger partial charge in [-0.2, -0.15) is 5.10 Å². The number of methoxy groups -OCH3 is 1. The van der Waals surface area contributed by atoms with Crippen LogP contribution in [0.5, 0.6) is 0 Å². The van der Waals surface area contributed by atoms with E-state index in [0.29, 0.717) is 29.5 Å². The Bertz CT molecular complexity index is 1030. The molecule has 2 aromatic carbocycles. The number of ether oxygens (including phenoxy) is 1. The number of anilines is 1. The zero-order valence-corrected chi connectivity index (χ0v) is 15.2. The molecule has 3 aromatic rings. The zero-order chi connectivity index (χ0) is 19.5. The standard InChI is InChI=1S/C20H19N5O3/c1-28-11-17-23-19(25-24-17)12-5-4-6-13(9-12)21-18(26)10-16-14-7-2-3-8-15(14)20(27)22-16/h2-9,16H,10-11H2,1H3,(H,21,26)(H,22,27)(H,23,24,25)/t16-/m1/s1. The Hall–Kier alpha value is -3.52. The molecule has 1 aromatic heterocycles. The lowest BCUT2D eigenvalue weighted by atomic mass is 10.0. The molecule has 3 N–H and O–H groups in total. The van der Waals surface area contributed by atoms with Crippen LogP contribution in [-0.4, -0.2) is 34.1 Å². The molecule has 0 spiro atoms. The van der Waals surface area contributed by atoms with Crippen LogP contribution >= 0.6 is 0 Å². The maximum atomic E-state index is 12.5. The molecule has 1 aliphatic heterocycles. The summed E-state index contributed by atoms with van der Waals surface area (Å²) >= 11 is 0. The van der Waals surface area contributed by atoms with Gasteiger partial charge in [0.15, 0.2) is 11.6 Å². The summed E-state index contributed by atoms with van der Waals surface area (Å²) < 4.78 is 5.03. The van der Waals surface area contributed by atoms with E-state index in [2.05, 4.69) is 25.8 Å². The van der Waals surface area contributed by atoms with Crippen LogP contribution in [0.3, 0.4) is 0 Å². The van der Waals surface area contributed by atoms with Gasteiger partial charge in [0, 0.05) is 23.9 Å². The molecule has 0 fully saturated rings. The van der Waals surface area contributed by atoms with Gasteiger partial charge < -0.3 is 15.4 Å². The topological polar surface area (TPSA) is 109 Å². The third-order valence-electron chi connectivity index (χ3n) is 4.49. The summed E-state index contributed by atoms with van der Waals surface area (Å²) in [5.41, 5.74) is 2.88. The number of carbonyl (C=O) groups excluding carboxylic acids is 2. The number of aromatic amines is 1. The van der Waals surface area contributed by atoms with Gasteiger partial charge in [0.2, 0.25) is 5.91 Å². The van der Waals surface area contributed by atoms with Crippen LogP contribution < -0.4 is 10.6 Å². The fourth-order valence-corrected chi connectivity index (χ4v) is 3.24. The van der Waals surface area contributed by atoms with Crippen LogP contribution in [0.4, 0.5) is 5.69 Å². The highest BCUT2D eigenvalue weighted by molar-refractivity contribution is 6.00. The van der Waals surface area contributed by atoms with E-state index in [0.717, 1.165) is 11.1 Å². The Kier molecular flexibility index (Phi) is 4.86. The van der Waals surface area contributed by atoms with Gasteiger partial charge in [-0.25, -0.2) is 4.98 Å². The minimum Gasteiger partial charge on any atom is -0.377 e. The highest BCUT2D eigenvalue weighted by atomic mass is 16.5. The average Bonchev–Trinajstić information content (AvgIpc) is 3.28. The van der Waals surface area contributed by atoms with Crippen molar-refractivity contribution >= 4 is 17.5 Å². The second-order valence-electron chi connectivity index (χ2n) is 6.49. The molecule has 0 unspecified atom stereocenters. The number of hydrogen-bond acceptors (Lipinski definition) is 5. The Morgan fingerprint density at radius 1 is 1.21 bits per heavy atom. The van der Waals surface area contributed by atoms with Gasteiger partial charge in [0.25, 0.3) is 5.91 Å². The smallest absolute Gasteiger partial charge is 0.252 e. The lowest BCUT2D eigenvalue weighted by molar-refractivity contribution is -0.116. The highest BCUT2D eigenvalue weighted by Crippen LogP contribution is 2.28. The van der Waals surface area contributed by atoms with Gasteiger partial charge in [0.1, 0.15) is 6.61 Å². The van der Waals surface area contributed by atoms with Crippen molar-refractivity contribution in [2.45, 2.75) is 19.1 Å². The van der Waals surface area contributed by atoms with Crippen molar-refractivity contribution in [1.29, 1.82) is 0 Å². The van der Waals surface area contributed by atoms with Gasteiger partial charge in [-0.05, 0) is 23.8 Å². The van der Waals surface area contributed by atoms with Crippen molar-refractivity contribution in [3.8, 4) is 11.4 Å². The van der Waals surface area contributed by atoms with Crippen molar-refractivity contribution in [3.63, 3.8) is 0 Å². The third-order valence-corrected chi connectivity index (χ3v) is 4.49. The Morgan fingerprint density at radius 3 is 2.93 bits per heavy atom. The number of rotatable bonds is 6. The summed E-state index contributed by atoms with van der Waals surface area (Å²) in [5.74, 6) is 0.823. The molecule has 0 saturated carbocycles. The van der Waals surface area contributed by atoms with Crippen LogP contribution in [0.15, 0.2) is 48.5 Å². The molecule has 1 atom stereocenters. The second-order valence-corrected chi connectivity index (χ2v) is 6.49. The van der Waals surface area contributed by atoms with Gasteiger partial charge in [-0.15, -0.1) is 0 Å². The first-order valence-corrected chi connectivity index (χ1v) is 8.84. The number of nitrogens with one attached hydrogen (secondary N) is 3. The molecule has 0 radical (unpaired) electrons. The molecule has 142 valence electrons. The Morgan fingerprint density at radius 2 is 2.07 bits per heavy atom. The van der Waals surface area contributed by atoms with E-state index >= 15 is 0 Å². The van der Waals surface area contributed by atoms with Crippen molar-refractivity contribution < 1.29 is 14.3 Å². The van der Waals surface area contributed by atoms with E-state index in [4.69, 9.17) is 4.74 Å². The second kappa shape index (κ2) is 7.61. The summed E-state index contributed by atoms with van der Waals surface area (Å²) in [4.78, 5) is 28.9. The fraction of sp³-hybridized carbons (Fsp3) is 0.200. The summed E-state index contributed by atoms with van der Waals surface area (Å²) in [6.07, 6.45) is 0.158. The molecule has 0 aliphatic carbocycles. The molecule has 1 aliphatic rings. The van der Waals surface area contributed by atoms with E-state index in [1.807, 2.05) is 30.3 Å². The van der Waals surface area contributed by atoms with E-state index in [9.17, 15) is 9.59 Å². The van der Waals surface area contributed by atoms with Gasteiger partial charge >= 0.3 is 0 Å². The van der Waals surface area contributed by atoms with Crippen LogP contribution in [0.1, 0.15) is 34.2 Å². The number of fused-ring (bicyclic) bond motifs is 1. The largest absolute Gasteiger partial charge is 0.377 e. The first-order valence-electron chi connectivity index (χ1n) is 8.84. The van der Waals surface area contributed by atoms with Crippen LogP contribution in [0, 0.1) is 0 Å². The third kappa shape index (κ3) is 3.63.